The number of carbonyl (C=O) groups is 1. The Kier molecular flexibility index (Phi) is 5.70. The van der Waals surface area contributed by atoms with Gasteiger partial charge in [-0.25, -0.2) is 0 Å². The van der Waals surface area contributed by atoms with Gasteiger partial charge in [-0.05, 0) is 30.7 Å². The molecule has 2 atom stereocenters. The van der Waals surface area contributed by atoms with Crippen LogP contribution in [-0.4, -0.2) is 35.0 Å². The Morgan fingerprint density at radius 1 is 1.43 bits per heavy atom. The van der Waals surface area contributed by atoms with Crippen molar-refractivity contribution < 1.29 is 4.79 Å². The van der Waals surface area contributed by atoms with Crippen LogP contribution in [0, 0.1) is 0 Å². The molecular weight excluding hydrogens is 282 g/mol. The average Bonchev–Trinajstić information content (AvgIpc) is 2.90. The molecule has 4 N–H and O–H groups in total. The van der Waals surface area contributed by atoms with Gasteiger partial charge in [0, 0.05) is 28.9 Å². The summed E-state index contributed by atoms with van der Waals surface area (Å²) in [4.78, 5) is 15.4. The summed E-state index contributed by atoms with van der Waals surface area (Å²) in [5, 5.41) is 4.17. The fourth-order valence-corrected chi connectivity index (χ4v) is 3.12. The van der Waals surface area contributed by atoms with E-state index in [4.69, 9.17) is 5.73 Å². The van der Waals surface area contributed by atoms with E-state index in [0.717, 1.165) is 28.6 Å². The molecule has 0 aliphatic heterocycles. The normalized spacial score (nSPS) is 14.0. The van der Waals surface area contributed by atoms with E-state index in [1.807, 2.05) is 36.7 Å². The smallest absolute Gasteiger partial charge is 0.237 e. The van der Waals surface area contributed by atoms with Gasteiger partial charge in [0.2, 0.25) is 5.91 Å². The second-order valence-electron chi connectivity index (χ2n) is 5.24. The first kappa shape index (κ1) is 15.9. The summed E-state index contributed by atoms with van der Waals surface area (Å²) in [5.74, 6) is 0.850. The van der Waals surface area contributed by atoms with E-state index in [2.05, 4.69) is 17.2 Å². The lowest BCUT2D eigenvalue weighted by atomic mass is 10.0. The summed E-state index contributed by atoms with van der Waals surface area (Å²) in [6.07, 6.45) is 5.45. The monoisotopic (exact) mass is 305 g/mol. The molecule has 0 radical (unpaired) electrons. The van der Waals surface area contributed by atoms with Crippen LogP contribution in [0.1, 0.15) is 18.9 Å². The molecular formula is C16H23N3OS. The largest absolute Gasteiger partial charge is 0.361 e. The van der Waals surface area contributed by atoms with Gasteiger partial charge in [0.1, 0.15) is 0 Å². The van der Waals surface area contributed by atoms with E-state index in [0.29, 0.717) is 6.42 Å². The van der Waals surface area contributed by atoms with Crippen molar-refractivity contribution in [2.45, 2.75) is 31.8 Å². The number of H-pyrrole nitrogens is 1. The maximum atomic E-state index is 12.2. The van der Waals surface area contributed by atoms with Gasteiger partial charge in [-0.15, -0.1) is 0 Å². The van der Waals surface area contributed by atoms with Gasteiger partial charge < -0.3 is 16.0 Å². The Morgan fingerprint density at radius 3 is 2.90 bits per heavy atom. The number of fused-ring (bicyclic) bond motifs is 1. The predicted octanol–water partition coefficient (Wildman–Crippen LogP) is 2.30. The summed E-state index contributed by atoms with van der Waals surface area (Å²) in [7, 11) is 0. The number of hydrogen-bond donors (Lipinski definition) is 3. The highest BCUT2D eigenvalue weighted by Gasteiger charge is 2.18. The highest BCUT2D eigenvalue weighted by Crippen LogP contribution is 2.18. The van der Waals surface area contributed by atoms with Crippen molar-refractivity contribution in [3.8, 4) is 0 Å². The topological polar surface area (TPSA) is 70.9 Å². The fraction of sp³-hybridized carbons (Fsp3) is 0.438. The third-order valence-corrected chi connectivity index (χ3v) is 4.39. The van der Waals surface area contributed by atoms with E-state index in [9.17, 15) is 4.79 Å². The highest BCUT2D eigenvalue weighted by molar-refractivity contribution is 7.98. The molecule has 0 aliphatic rings. The number of carbonyl (C=O) groups excluding carboxylic acids is 1. The maximum Gasteiger partial charge on any atom is 0.237 e. The van der Waals surface area contributed by atoms with Crippen molar-refractivity contribution in [2.75, 3.05) is 12.0 Å². The fourth-order valence-electron chi connectivity index (χ4n) is 2.40. The van der Waals surface area contributed by atoms with Crippen molar-refractivity contribution >= 4 is 28.6 Å². The molecule has 0 saturated carbocycles. The van der Waals surface area contributed by atoms with Crippen molar-refractivity contribution in [1.82, 2.24) is 10.3 Å². The molecule has 0 aliphatic carbocycles. The van der Waals surface area contributed by atoms with E-state index in [1.165, 1.54) is 0 Å². The molecule has 4 nitrogen and oxygen atoms in total. The average molecular weight is 305 g/mol. The lowest BCUT2D eigenvalue weighted by Crippen LogP contribution is -2.47. The SMILES string of the molecule is CCC(CSC)NC(=O)C(N)Cc1c[nH]c2ccccc12. The molecule has 1 aromatic carbocycles. The number of amides is 1. The molecule has 0 fully saturated rings. The van der Waals surface area contributed by atoms with Crippen molar-refractivity contribution in [3.63, 3.8) is 0 Å². The quantitative estimate of drug-likeness (QED) is 0.735. The van der Waals surface area contributed by atoms with Crippen LogP contribution >= 0.6 is 11.8 Å². The molecule has 114 valence electrons. The minimum atomic E-state index is -0.514. The van der Waals surface area contributed by atoms with Gasteiger partial charge in [0.25, 0.3) is 0 Å². The van der Waals surface area contributed by atoms with Crippen LogP contribution in [-0.2, 0) is 11.2 Å². The molecule has 0 spiro atoms. The summed E-state index contributed by atoms with van der Waals surface area (Å²) in [6.45, 7) is 2.08. The molecule has 1 aromatic heterocycles. The first-order valence-corrected chi connectivity index (χ1v) is 8.65. The second kappa shape index (κ2) is 7.52. The highest BCUT2D eigenvalue weighted by atomic mass is 32.2. The molecule has 2 rings (SSSR count). The third-order valence-electron chi connectivity index (χ3n) is 3.66. The van der Waals surface area contributed by atoms with E-state index in [1.54, 1.807) is 11.8 Å². The number of nitrogens with two attached hydrogens (primary N) is 1. The minimum Gasteiger partial charge on any atom is -0.361 e. The molecule has 1 heterocycles. The zero-order valence-corrected chi connectivity index (χ0v) is 13.4. The zero-order valence-electron chi connectivity index (χ0n) is 12.6. The number of thioether (sulfide) groups is 1. The molecule has 0 bridgehead atoms. The molecule has 2 aromatic rings. The van der Waals surface area contributed by atoms with Crippen LogP contribution in [0.15, 0.2) is 30.5 Å². The Labute approximate surface area is 129 Å². The Morgan fingerprint density at radius 2 is 2.19 bits per heavy atom. The zero-order chi connectivity index (χ0) is 15.2. The van der Waals surface area contributed by atoms with Gasteiger partial charge in [0.15, 0.2) is 0 Å². The summed E-state index contributed by atoms with van der Waals surface area (Å²) >= 11 is 1.73. The summed E-state index contributed by atoms with van der Waals surface area (Å²) in [6, 6.07) is 7.74. The first-order chi connectivity index (χ1) is 10.2. The maximum absolute atomic E-state index is 12.2. The van der Waals surface area contributed by atoms with Crippen molar-refractivity contribution in [1.29, 1.82) is 0 Å². The van der Waals surface area contributed by atoms with Gasteiger partial charge in [-0.1, -0.05) is 25.1 Å². The van der Waals surface area contributed by atoms with Gasteiger partial charge in [-0.2, -0.15) is 11.8 Å². The van der Waals surface area contributed by atoms with Crippen LogP contribution in [0.4, 0.5) is 0 Å². The van der Waals surface area contributed by atoms with Crippen molar-refractivity contribution in [3.05, 3.63) is 36.0 Å². The predicted molar refractivity (Wildman–Crippen MR) is 90.6 cm³/mol. The van der Waals surface area contributed by atoms with E-state index >= 15 is 0 Å². The number of benzene rings is 1. The molecule has 1 amide bonds. The van der Waals surface area contributed by atoms with Crippen molar-refractivity contribution in [2.24, 2.45) is 5.73 Å². The van der Waals surface area contributed by atoms with Crippen LogP contribution in [0.3, 0.4) is 0 Å². The van der Waals surface area contributed by atoms with Gasteiger partial charge in [-0.3, -0.25) is 4.79 Å². The lowest BCUT2D eigenvalue weighted by Gasteiger charge is -2.19. The Balaban J connectivity index is 2.00. The van der Waals surface area contributed by atoms with Crippen LogP contribution in [0.5, 0.6) is 0 Å². The Bertz CT molecular complexity index is 596. The van der Waals surface area contributed by atoms with Crippen LogP contribution < -0.4 is 11.1 Å². The lowest BCUT2D eigenvalue weighted by molar-refractivity contribution is -0.122. The first-order valence-electron chi connectivity index (χ1n) is 7.25. The van der Waals surface area contributed by atoms with Gasteiger partial charge >= 0.3 is 0 Å². The molecule has 21 heavy (non-hydrogen) atoms. The number of hydrogen-bond acceptors (Lipinski definition) is 3. The number of rotatable bonds is 7. The second-order valence-corrected chi connectivity index (χ2v) is 6.15. The van der Waals surface area contributed by atoms with Gasteiger partial charge in [0.05, 0.1) is 6.04 Å². The number of aromatic amines is 1. The molecule has 5 heteroatoms. The van der Waals surface area contributed by atoms with E-state index in [-0.39, 0.29) is 11.9 Å². The molecule has 0 saturated heterocycles. The summed E-state index contributed by atoms with van der Waals surface area (Å²) < 4.78 is 0. The molecule has 2 unspecified atom stereocenters. The van der Waals surface area contributed by atoms with Crippen LogP contribution in [0.25, 0.3) is 10.9 Å². The van der Waals surface area contributed by atoms with E-state index < -0.39 is 6.04 Å². The number of para-hydroxylation sites is 1. The van der Waals surface area contributed by atoms with Crippen LogP contribution in [0.2, 0.25) is 0 Å². The standard InChI is InChI=1S/C16H23N3OS/c1-3-12(10-21-2)19-16(20)14(17)8-11-9-18-15-7-5-4-6-13(11)15/h4-7,9,12,14,18H,3,8,10,17H2,1-2H3,(H,19,20). The third kappa shape index (κ3) is 4.02. The number of nitrogens with one attached hydrogen (secondary N) is 2. The Hall–Kier alpha value is -1.46. The minimum absolute atomic E-state index is 0.0684. The number of aromatic nitrogens is 1. The summed E-state index contributed by atoms with van der Waals surface area (Å²) in [5.41, 5.74) is 8.23.